The molecule has 0 amide bonds. The van der Waals surface area contributed by atoms with Crippen molar-refractivity contribution in [2.24, 2.45) is 0 Å². The van der Waals surface area contributed by atoms with Gasteiger partial charge in [-0.25, -0.2) is 4.98 Å². The fourth-order valence-electron chi connectivity index (χ4n) is 2.80. The van der Waals surface area contributed by atoms with Gasteiger partial charge in [0.15, 0.2) is 10.9 Å². The van der Waals surface area contributed by atoms with E-state index in [0.29, 0.717) is 11.0 Å². The minimum atomic E-state index is -0.444. The zero-order valence-electron chi connectivity index (χ0n) is 14.9. The van der Waals surface area contributed by atoms with E-state index in [0.717, 1.165) is 28.6 Å². The third kappa shape index (κ3) is 3.49. The Morgan fingerprint density at radius 1 is 1.00 bits per heavy atom. The van der Waals surface area contributed by atoms with E-state index >= 15 is 0 Å². The molecule has 0 fully saturated rings. The number of benzene rings is 2. The molecular weight excluding hydrogens is 374 g/mol. The molecule has 0 saturated carbocycles. The van der Waals surface area contributed by atoms with Crippen LogP contribution < -0.4 is 0 Å². The topological polar surface area (TPSA) is 86.7 Å². The van der Waals surface area contributed by atoms with Crippen LogP contribution in [0.3, 0.4) is 0 Å². The average Bonchev–Trinajstić information content (AvgIpc) is 3.12. The van der Waals surface area contributed by atoms with Crippen LogP contribution in [0.5, 0.6) is 0 Å². The number of aryl methyl sites for hydroxylation is 1. The highest BCUT2D eigenvalue weighted by molar-refractivity contribution is 7.99. The standard InChI is InChI=1S/C20H15N5O2S/c1-14-7-5-10-16(13-14)24-18(15-8-3-2-4-9-15)22-23-20(24)28-19-17(25(26)27)11-6-12-21-19/h2-13H,1H3. The zero-order valence-corrected chi connectivity index (χ0v) is 15.7. The van der Waals surface area contributed by atoms with E-state index in [1.165, 1.54) is 12.3 Å². The van der Waals surface area contributed by atoms with Gasteiger partial charge in [-0.1, -0.05) is 42.5 Å². The van der Waals surface area contributed by atoms with Crippen molar-refractivity contribution in [3.63, 3.8) is 0 Å². The minimum Gasteiger partial charge on any atom is -0.270 e. The summed E-state index contributed by atoms with van der Waals surface area (Å²) in [5.41, 5.74) is 2.81. The highest BCUT2D eigenvalue weighted by atomic mass is 32.2. The van der Waals surface area contributed by atoms with Crippen molar-refractivity contribution in [2.45, 2.75) is 17.1 Å². The summed E-state index contributed by atoms with van der Waals surface area (Å²) in [7, 11) is 0. The van der Waals surface area contributed by atoms with E-state index in [-0.39, 0.29) is 10.7 Å². The van der Waals surface area contributed by atoms with Crippen molar-refractivity contribution < 1.29 is 4.92 Å². The summed E-state index contributed by atoms with van der Waals surface area (Å²) < 4.78 is 1.89. The second kappa shape index (κ2) is 7.61. The molecule has 7 nitrogen and oxygen atoms in total. The van der Waals surface area contributed by atoms with Crippen LogP contribution in [0, 0.1) is 17.0 Å². The van der Waals surface area contributed by atoms with E-state index in [2.05, 4.69) is 15.2 Å². The molecule has 4 rings (SSSR count). The van der Waals surface area contributed by atoms with Gasteiger partial charge in [-0.2, -0.15) is 0 Å². The van der Waals surface area contributed by atoms with Crippen molar-refractivity contribution in [1.82, 2.24) is 19.7 Å². The fraction of sp³-hybridized carbons (Fsp3) is 0.0500. The Bertz CT molecular complexity index is 1140. The largest absolute Gasteiger partial charge is 0.301 e. The first-order chi connectivity index (χ1) is 13.6. The van der Waals surface area contributed by atoms with Crippen LogP contribution in [-0.4, -0.2) is 24.7 Å². The summed E-state index contributed by atoms with van der Waals surface area (Å²) in [6.45, 7) is 2.01. The van der Waals surface area contributed by atoms with E-state index in [1.54, 1.807) is 6.07 Å². The second-order valence-electron chi connectivity index (χ2n) is 6.03. The SMILES string of the molecule is Cc1cccc(-n2c(Sc3ncccc3[N+](=O)[O-])nnc2-c2ccccc2)c1. The zero-order chi connectivity index (χ0) is 19.5. The monoisotopic (exact) mass is 389 g/mol. The van der Waals surface area contributed by atoms with Crippen LogP contribution in [0.1, 0.15) is 5.56 Å². The summed E-state index contributed by atoms with van der Waals surface area (Å²) in [5.74, 6) is 0.660. The molecule has 0 radical (unpaired) electrons. The van der Waals surface area contributed by atoms with Gasteiger partial charge >= 0.3 is 5.69 Å². The highest BCUT2D eigenvalue weighted by Gasteiger charge is 2.22. The number of nitro groups is 1. The minimum absolute atomic E-state index is 0.0625. The quantitative estimate of drug-likeness (QED) is 0.363. The smallest absolute Gasteiger partial charge is 0.270 e. The average molecular weight is 389 g/mol. The number of hydrogen-bond donors (Lipinski definition) is 0. The van der Waals surface area contributed by atoms with Crippen LogP contribution in [-0.2, 0) is 0 Å². The van der Waals surface area contributed by atoms with Gasteiger partial charge in [-0.3, -0.25) is 14.7 Å². The van der Waals surface area contributed by atoms with Crippen molar-refractivity contribution >= 4 is 17.4 Å². The molecule has 4 aromatic rings. The molecule has 28 heavy (non-hydrogen) atoms. The first-order valence-corrected chi connectivity index (χ1v) is 9.30. The Hall–Kier alpha value is -3.52. The van der Waals surface area contributed by atoms with Gasteiger partial charge in [0.1, 0.15) is 0 Å². The lowest BCUT2D eigenvalue weighted by atomic mass is 10.2. The molecule has 0 aliphatic rings. The Kier molecular flexibility index (Phi) is 4.86. The maximum atomic E-state index is 11.3. The molecule has 0 atom stereocenters. The molecule has 2 aromatic heterocycles. The molecule has 2 heterocycles. The van der Waals surface area contributed by atoms with Gasteiger partial charge in [0, 0.05) is 17.8 Å². The number of nitrogens with zero attached hydrogens (tertiary/aromatic N) is 5. The maximum absolute atomic E-state index is 11.3. The Balaban J connectivity index is 1.87. The lowest BCUT2D eigenvalue weighted by Crippen LogP contribution is -2.01. The summed E-state index contributed by atoms with van der Waals surface area (Å²) in [6, 6.07) is 20.6. The predicted molar refractivity (Wildman–Crippen MR) is 107 cm³/mol. The molecule has 0 unspecified atom stereocenters. The summed E-state index contributed by atoms with van der Waals surface area (Å²) in [5, 5.41) is 20.8. The molecule has 2 aromatic carbocycles. The predicted octanol–water partition coefficient (Wildman–Crippen LogP) is 4.70. The number of pyridine rings is 1. The van der Waals surface area contributed by atoms with Crippen LogP contribution in [0.4, 0.5) is 5.69 Å². The summed E-state index contributed by atoms with van der Waals surface area (Å²) >= 11 is 1.12. The van der Waals surface area contributed by atoms with E-state index in [1.807, 2.05) is 66.1 Å². The molecule has 8 heteroatoms. The number of aromatic nitrogens is 4. The van der Waals surface area contributed by atoms with Crippen LogP contribution in [0.25, 0.3) is 17.1 Å². The molecule has 0 bridgehead atoms. The Morgan fingerprint density at radius 2 is 1.82 bits per heavy atom. The molecule has 138 valence electrons. The molecule has 0 spiro atoms. The molecule has 0 saturated heterocycles. The van der Waals surface area contributed by atoms with E-state index < -0.39 is 4.92 Å². The van der Waals surface area contributed by atoms with Crippen molar-refractivity contribution in [1.29, 1.82) is 0 Å². The molecular formula is C20H15N5O2S. The van der Waals surface area contributed by atoms with Gasteiger partial charge < -0.3 is 0 Å². The molecule has 0 aliphatic heterocycles. The van der Waals surface area contributed by atoms with Gasteiger partial charge in [-0.05, 0) is 42.4 Å². The van der Waals surface area contributed by atoms with Gasteiger partial charge in [0.05, 0.1) is 10.6 Å². The number of rotatable bonds is 5. The molecule has 0 N–H and O–H groups in total. The summed E-state index contributed by atoms with van der Waals surface area (Å²) in [4.78, 5) is 15.1. The third-order valence-corrected chi connectivity index (χ3v) is 5.02. The Labute approximate surface area is 165 Å². The van der Waals surface area contributed by atoms with Crippen LogP contribution in [0.2, 0.25) is 0 Å². The van der Waals surface area contributed by atoms with Crippen molar-refractivity contribution in [3.8, 4) is 17.1 Å². The maximum Gasteiger partial charge on any atom is 0.301 e. The van der Waals surface area contributed by atoms with Gasteiger partial charge in [0.25, 0.3) is 0 Å². The lowest BCUT2D eigenvalue weighted by molar-refractivity contribution is -0.388. The number of hydrogen-bond acceptors (Lipinski definition) is 6. The van der Waals surface area contributed by atoms with E-state index in [9.17, 15) is 10.1 Å². The van der Waals surface area contributed by atoms with E-state index in [4.69, 9.17) is 0 Å². The lowest BCUT2D eigenvalue weighted by Gasteiger charge is -2.11. The first kappa shape index (κ1) is 17.9. The summed E-state index contributed by atoms with van der Waals surface area (Å²) in [6.07, 6.45) is 1.53. The highest BCUT2D eigenvalue weighted by Crippen LogP contribution is 2.35. The van der Waals surface area contributed by atoms with Crippen molar-refractivity contribution in [3.05, 3.63) is 88.6 Å². The first-order valence-electron chi connectivity index (χ1n) is 8.48. The van der Waals surface area contributed by atoms with Crippen LogP contribution >= 0.6 is 11.8 Å². The second-order valence-corrected chi connectivity index (χ2v) is 6.99. The van der Waals surface area contributed by atoms with Crippen LogP contribution in [0.15, 0.2) is 83.1 Å². The van der Waals surface area contributed by atoms with Crippen molar-refractivity contribution in [2.75, 3.05) is 0 Å². The van der Waals surface area contributed by atoms with Gasteiger partial charge in [-0.15, -0.1) is 10.2 Å². The molecule has 0 aliphatic carbocycles. The third-order valence-electron chi connectivity index (χ3n) is 4.06. The normalized spacial score (nSPS) is 10.8. The van der Waals surface area contributed by atoms with Gasteiger partial charge in [0.2, 0.25) is 5.16 Å². The Morgan fingerprint density at radius 3 is 2.57 bits per heavy atom. The fourth-order valence-corrected chi connectivity index (χ4v) is 3.69.